The first-order valence-electron chi connectivity index (χ1n) is 9.80. The molecule has 1 fully saturated rings. The first-order valence-corrected chi connectivity index (χ1v) is 10.6. The van der Waals surface area contributed by atoms with Gasteiger partial charge in [-0.1, -0.05) is 65.7 Å². The van der Waals surface area contributed by atoms with Crippen LogP contribution in [0.3, 0.4) is 0 Å². The molecule has 150 valence electrons. The van der Waals surface area contributed by atoms with Gasteiger partial charge in [0.2, 0.25) is 0 Å². The summed E-state index contributed by atoms with van der Waals surface area (Å²) in [4.78, 5) is 4.86. The number of rotatable bonds is 4. The number of aromatic hydroxyl groups is 1. The molecule has 3 nitrogen and oxygen atoms in total. The average Bonchev–Trinajstić information content (AvgIpc) is 2.70. The molecule has 3 aromatic carbocycles. The number of phenolic OH excluding ortho intramolecular Hbond substituents is 1. The molecule has 1 aliphatic rings. The number of hydrogen-bond donors (Lipinski definition) is 1. The third-order valence-electron chi connectivity index (χ3n) is 5.48. The Bertz CT molecular complexity index is 962. The minimum Gasteiger partial charge on any atom is -0.508 e. The summed E-state index contributed by atoms with van der Waals surface area (Å²) in [6.45, 7) is 4.93. The Morgan fingerprint density at radius 2 is 1.66 bits per heavy atom. The van der Waals surface area contributed by atoms with E-state index < -0.39 is 0 Å². The number of halogens is 2. The molecular formula is C24H24Cl2N2O. The van der Waals surface area contributed by atoms with Crippen LogP contribution in [0.5, 0.6) is 5.75 Å². The Labute approximate surface area is 182 Å². The van der Waals surface area contributed by atoms with E-state index in [0.29, 0.717) is 5.02 Å². The molecule has 3 aromatic rings. The van der Waals surface area contributed by atoms with Gasteiger partial charge in [0.15, 0.2) is 0 Å². The maximum Gasteiger partial charge on any atom is 0.117 e. The van der Waals surface area contributed by atoms with Crippen LogP contribution < -0.4 is 4.90 Å². The largest absolute Gasteiger partial charge is 0.508 e. The van der Waals surface area contributed by atoms with E-state index in [9.17, 15) is 5.11 Å². The van der Waals surface area contributed by atoms with Crippen LogP contribution in [0.1, 0.15) is 24.1 Å². The second kappa shape index (κ2) is 8.66. The van der Waals surface area contributed by atoms with Gasteiger partial charge in [-0.25, -0.2) is 0 Å². The molecular weight excluding hydrogens is 403 g/mol. The molecule has 29 heavy (non-hydrogen) atoms. The topological polar surface area (TPSA) is 26.7 Å². The predicted molar refractivity (Wildman–Crippen MR) is 121 cm³/mol. The van der Waals surface area contributed by atoms with E-state index >= 15 is 0 Å². The molecule has 0 radical (unpaired) electrons. The van der Waals surface area contributed by atoms with Gasteiger partial charge in [0.25, 0.3) is 0 Å². The Morgan fingerprint density at radius 1 is 0.931 bits per heavy atom. The third kappa shape index (κ3) is 4.53. The van der Waals surface area contributed by atoms with E-state index in [4.69, 9.17) is 23.2 Å². The van der Waals surface area contributed by atoms with Crippen molar-refractivity contribution in [2.24, 2.45) is 0 Å². The summed E-state index contributed by atoms with van der Waals surface area (Å²) in [5, 5.41) is 11.1. The van der Waals surface area contributed by atoms with Gasteiger partial charge >= 0.3 is 0 Å². The monoisotopic (exact) mass is 426 g/mol. The molecule has 5 heteroatoms. The summed E-state index contributed by atoms with van der Waals surface area (Å²) in [7, 11) is 0. The predicted octanol–water partition coefficient (Wildman–Crippen LogP) is 6.15. The SMILES string of the molecule is C[C@@H]1CN(Cc2ccccc2)C[C@@H](c2ccc(Cl)cc2)N1c1ccc(O)cc1Cl. The van der Waals surface area contributed by atoms with Crippen LogP contribution in [-0.4, -0.2) is 29.1 Å². The molecule has 0 saturated carbocycles. The van der Waals surface area contributed by atoms with Crippen LogP contribution in [0.2, 0.25) is 10.0 Å². The second-order valence-corrected chi connectivity index (χ2v) is 8.48. The molecule has 1 aliphatic heterocycles. The zero-order valence-corrected chi connectivity index (χ0v) is 17.8. The van der Waals surface area contributed by atoms with Crippen LogP contribution in [-0.2, 0) is 6.54 Å². The van der Waals surface area contributed by atoms with Gasteiger partial charge in [-0.05, 0) is 42.3 Å². The Hall–Kier alpha value is -2.20. The van der Waals surface area contributed by atoms with Gasteiger partial charge < -0.3 is 10.0 Å². The quantitative estimate of drug-likeness (QED) is 0.541. The summed E-state index contributed by atoms with van der Waals surface area (Å²) in [5.41, 5.74) is 3.45. The maximum absolute atomic E-state index is 9.80. The van der Waals surface area contributed by atoms with Gasteiger partial charge in [-0.3, -0.25) is 4.90 Å². The van der Waals surface area contributed by atoms with Crippen molar-refractivity contribution < 1.29 is 5.11 Å². The Balaban J connectivity index is 1.68. The lowest BCUT2D eigenvalue weighted by molar-refractivity contribution is 0.187. The third-order valence-corrected chi connectivity index (χ3v) is 6.03. The van der Waals surface area contributed by atoms with Gasteiger partial charge in [-0.15, -0.1) is 0 Å². The van der Waals surface area contributed by atoms with Crippen molar-refractivity contribution in [1.82, 2.24) is 4.90 Å². The summed E-state index contributed by atoms with van der Waals surface area (Å²) in [6.07, 6.45) is 0. The molecule has 1 saturated heterocycles. The minimum atomic E-state index is 0.127. The van der Waals surface area contributed by atoms with Crippen molar-refractivity contribution in [2.75, 3.05) is 18.0 Å². The molecule has 1 N–H and O–H groups in total. The second-order valence-electron chi connectivity index (χ2n) is 7.64. The van der Waals surface area contributed by atoms with Crippen LogP contribution in [0, 0.1) is 0 Å². The van der Waals surface area contributed by atoms with E-state index in [1.807, 2.05) is 24.3 Å². The number of anilines is 1. The Kier molecular flexibility index (Phi) is 6.00. The van der Waals surface area contributed by atoms with Crippen LogP contribution in [0.15, 0.2) is 72.8 Å². The number of nitrogens with zero attached hydrogens (tertiary/aromatic N) is 2. The van der Waals surface area contributed by atoms with Gasteiger partial charge in [0, 0.05) is 36.8 Å². The van der Waals surface area contributed by atoms with Gasteiger partial charge in [0.1, 0.15) is 5.75 Å². The first-order chi connectivity index (χ1) is 14.0. The fourth-order valence-corrected chi connectivity index (χ4v) is 4.61. The minimum absolute atomic E-state index is 0.127. The van der Waals surface area contributed by atoms with Crippen LogP contribution in [0.25, 0.3) is 0 Å². The van der Waals surface area contributed by atoms with Crippen molar-refractivity contribution in [1.29, 1.82) is 0 Å². The molecule has 0 spiro atoms. The normalized spacial score (nSPS) is 20.0. The lowest BCUT2D eigenvalue weighted by Crippen LogP contribution is -2.53. The summed E-state index contributed by atoms with van der Waals surface area (Å²) < 4.78 is 0. The molecule has 0 unspecified atom stereocenters. The zero-order valence-electron chi connectivity index (χ0n) is 16.3. The van der Waals surface area contributed by atoms with E-state index in [1.54, 1.807) is 12.1 Å². The zero-order chi connectivity index (χ0) is 20.4. The van der Waals surface area contributed by atoms with Crippen molar-refractivity contribution >= 4 is 28.9 Å². The maximum atomic E-state index is 9.80. The van der Waals surface area contributed by atoms with Crippen molar-refractivity contribution in [3.8, 4) is 5.75 Å². The highest BCUT2D eigenvalue weighted by atomic mass is 35.5. The number of piperazine rings is 1. The average molecular weight is 427 g/mol. The van der Waals surface area contributed by atoms with E-state index in [1.165, 1.54) is 11.1 Å². The summed E-state index contributed by atoms with van der Waals surface area (Å²) in [6, 6.07) is 24.2. The molecule has 0 aromatic heterocycles. The lowest BCUT2D eigenvalue weighted by atomic mass is 9.97. The van der Waals surface area contributed by atoms with Crippen molar-refractivity contribution in [3.05, 3.63) is 94.0 Å². The number of hydrogen-bond acceptors (Lipinski definition) is 3. The van der Waals surface area contributed by atoms with E-state index in [-0.39, 0.29) is 17.8 Å². The molecule has 0 amide bonds. The fraction of sp³-hybridized carbons (Fsp3) is 0.250. The lowest BCUT2D eigenvalue weighted by Gasteiger charge is -2.47. The first kappa shape index (κ1) is 20.1. The molecule has 0 bridgehead atoms. The number of phenols is 1. The smallest absolute Gasteiger partial charge is 0.117 e. The van der Waals surface area contributed by atoms with Crippen molar-refractivity contribution in [3.63, 3.8) is 0 Å². The van der Waals surface area contributed by atoms with E-state index in [2.05, 4.69) is 53.1 Å². The highest BCUT2D eigenvalue weighted by Crippen LogP contribution is 2.39. The Morgan fingerprint density at radius 3 is 2.34 bits per heavy atom. The van der Waals surface area contributed by atoms with Crippen LogP contribution >= 0.6 is 23.2 Å². The summed E-state index contributed by atoms with van der Waals surface area (Å²) >= 11 is 12.7. The highest BCUT2D eigenvalue weighted by molar-refractivity contribution is 6.33. The molecule has 2 atom stereocenters. The molecule has 1 heterocycles. The number of benzene rings is 3. The molecule has 0 aliphatic carbocycles. The fourth-order valence-electron chi connectivity index (χ4n) is 4.21. The van der Waals surface area contributed by atoms with Gasteiger partial charge in [-0.2, -0.15) is 0 Å². The highest BCUT2D eigenvalue weighted by Gasteiger charge is 2.34. The summed E-state index contributed by atoms with van der Waals surface area (Å²) in [5.74, 6) is 0.178. The van der Waals surface area contributed by atoms with Crippen molar-refractivity contribution in [2.45, 2.75) is 25.6 Å². The van der Waals surface area contributed by atoms with E-state index in [0.717, 1.165) is 30.3 Å². The van der Waals surface area contributed by atoms with Gasteiger partial charge in [0.05, 0.1) is 16.8 Å². The standard InChI is InChI=1S/C24H24Cl2N2O/c1-17-14-27(15-18-5-3-2-4-6-18)16-24(19-7-9-20(25)10-8-19)28(17)23-12-11-21(29)13-22(23)26/h2-13,17,24,29H,14-16H2,1H3/t17-,24+/m1/s1. The molecule has 4 rings (SSSR count). The van der Waals surface area contributed by atoms with Crippen LogP contribution in [0.4, 0.5) is 5.69 Å².